The molecular weight excluding hydrogens is 148 g/mol. The SMILES string of the molecule is O=C1OCCn2[nH]c(=O)cc21. The molecule has 0 aromatic carbocycles. The Bertz CT molecular complexity index is 349. The maximum absolute atomic E-state index is 10.9. The number of cyclic esters (lactones) is 1. The molecule has 1 N–H and O–H groups in total. The summed E-state index contributed by atoms with van der Waals surface area (Å²) in [6, 6.07) is 1.24. The molecule has 11 heavy (non-hydrogen) atoms. The lowest BCUT2D eigenvalue weighted by Crippen LogP contribution is -2.23. The van der Waals surface area contributed by atoms with Crippen LogP contribution >= 0.6 is 0 Å². The Morgan fingerprint density at radius 3 is 3.09 bits per heavy atom. The van der Waals surface area contributed by atoms with Gasteiger partial charge in [0.05, 0.1) is 6.54 Å². The molecule has 58 valence electrons. The Hall–Kier alpha value is -1.52. The second-order valence-corrected chi connectivity index (χ2v) is 2.29. The minimum absolute atomic E-state index is 0.265. The van der Waals surface area contributed by atoms with Crippen molar-refractivity contribution in [2.45, 2.75) is 6.54 Å². The molecule has 2 rings (SSSR count). The highest BCUT2D eigenvalue weighted by molar-refractivity contribution is 5.87. The minimum Gasteiger partial charge on any atom is -0.459 e. The first-order valence-corrected chi connectivity index (χ1v) is 3.24. The van der Waals surface area contributed by atoms with Crippen LogP contribution in [0.1, 0.15) is 10.5 Å². The standard InChI is InChI=1S/C6H6N2O3/c9-5-3-4-6(10)11-2-1-8(4)7-5/h3H,1-2H2,(H,7,9). The summed E-state index contributed by atoms with van der Waals surface area (Å²) >= 11 is 0. The molecule has 1 aromatic heterocycles. The second kappa shape index (κ2) is 1.98. The van der Waals surface area contributed by atoms with Crippen molar-refractivity contribution in [3.8, 4) is 0 Å². The van der Waals surface area contributed by atoms with E-state index in [1.807, 2.05) is 0 Å². The van der Waals surface area contributed by atoms with Gasteiger partial charge >= 0.3 is 5.97 Å². The normalized spacial score (nSPS) is 15.8. The lowest BCUT2D eigenvalue weighted by Gasteiger charge is -2.13. The van der Waals surface area contributed by atoms with Crippen LogP contribution in [0.15, 0.2) is 10.9 Å². The first-order chi connectivity index (χ1) is 5.27. The molecular formula is C6H6N2O3. The fourth-order valence-corrected chi connectivity index (χ4v) is 1.08. The van der Waals surface area contributed by atoms with Gasteiger partial charge in [-0.05, 0) is 0 Å². The third-order valence-corrected chi connectivity index (χ3v) is 1.56. The van der Waals surface area contributed by atoms with Gasteiger partial charge in [-0.1, -0.05) is 0 Å². The van der Waals surface area contributed by atoms with Gasteiger partial charge in [-0.25, -0.2) is 4.79 Å². The molecule has 1 aliphatic heterocycles. The molecule has 0 saturated carbocycles. The molecule has 5 heteroatoms. The first-order valence-electron chi connectivity index (χ1n) is 3.24. The highest BCUT2D eigenvalue weighted by atomic mass is 16.5. The smallest absolute Gasteiger partial charge is 0.356 e. The number of H-pyrrole nitrogens is 1. The number of rotatable bonds is 0. The van der Waals surface area contributed by atoms with Crippen molar-refractivity contribution in [1.82, 2.24) is 9.78 Å². The zero-order chi connectivity index (χ0) is 7.84. The Labute approximate surface area is 61.6 Å². The van der Waals surface area contributed by atoms with Crippen molar-refractivity contribution in [2.24, 2.45) is 0 Å². The number of esters is 1. The van der Waals surface area contributed by atoms with Crippen LogP contribution in [-0.2, 0) is 11.3 Å². The number of nitrogens with one attached hydrogen (secondary N) is 1. The Morgan fingerprint density at radius 1 is 1.55 bits per heavy atom. The van der Waals surface area contributed by atoms with Gasteiger partial charge in [0.1, 0.15) is 12.3 Å². The summed E-state index contributed by atoms with van der Waals surface area (Å²) < 4.78 is 6.19. The van der Waals surface area contributed by atoms with Crippen molar-refractivity contribution >= 4 is 5.97 Å². The number of aromatic nitrogens is 2. The summed E-state index contributed by atoms with van der Waals surface area (Å²) in [4.78, 5) is 21.6. The average Bonchev–Trinajstić information content (AvgIpc) is 2.31. The zero-order valence-corrected chi connectivity index (χ0v) is 5.66. The van der Waals surface area contributed by atoms with Gasteiger partial charge in [-0.2, -0.15) is 0 Å². The van der Waals surface area contributed by atoms with Gasteiger partial charge in [-0.3, -0.25) is 14.6 Å². The molecule has 0 bridgehead atoms. The van der Waals surface area contributed by atoms with Gasteiger partial charge in [-0.15, -0.1) is 0 Å². The molecule has 1 aromatic rings. The van der Waals surface area contributed by atoms with E-state index in [1.165, 1.54) is 10.7 Å². The number of ether oxygens (including phenoxy) is 1. The summed E-state index contributed by atoms with van der Waals surface area (Å²) in [5, 5.41) is 2.49. The second-order valence-electron chi connectivity index (χ2n) is 2.29. The van der Waals surface area contributed by atoms with Gasteiger partial charge in [0, 0.05) is 6.07 Å². The lowest BCUT2D eigenvalue weighted by atomic mass is 10.4. The van der Waals surface area contributed by atoms with E-state index >= 15 is 0 Å². The lowest BCUT2D eigenvalue weighted by molar-refractivity contribution is 0.0411. The van der Waals surface area contributed by atoms with Crippen LogP contribution in [0, 0.1) is 0 Å². The van der Waals surface area contributed by atoms with Crippen LogP contribution in [0.2, 0.25) is 0 Å². The topological polar surface area (TPSA) is 64.1 Å². The van der Waals surface area contributed by atoms with Gasteiger partial charge in [0.2, 0.25) is 0 Å². The van der Waals surface area contributed by atoms with E-state index in [2.05, 4.69) is 5.10 Å². The van der Waals surface area contributed by atoms with Crippen LogP contribution in [0.3, 0.4) is 0 Å². The summed E-state index contributed by atoms with van der Waals surface area (Å²) in [6.45, 7) is 0.861. The van der Waals surface area contributed by atoms with E-state index in [0.717, 1.165) is 0 Å². The van der Waals surface area contributed by atoms with E-state index in [9.17, 15) is 9.59 Å². The number of aromatic amines is 1. The molecule has 5 nitrogen and oxygen atoms in total. The highest BCUT2D eigenvalue weighted by Gasteiger charge is 2.18. The van der Waals surface area contributed by atoms with E-state index in [-0.39, 0.29) is 5.56 Å². The number of hydrogen-bond acceptors (Lipinski definition) is 3. The highest BCUT2D eigenvalue weighted by Crippen LogP contribution is 2.03. The van der Waals surface area contributed by atoms with Gasteiger partial charge in [0.15, 0.2) is 0 Å². The van der Waals surface area contributed by atoms with Crippen LogP contribution in [-0.4, -0.2) is 22.4 Å². The number of nitrogens with zero attached hydrogens (tertiary/aromatic N) is 1. The monoisotopic (exact) mass is 154 g/mol. The Kier molecular flexibility index (Phi) is 1.12. The third-order valence-electron chi connectivity index (χ3n) is 1.56. The molecule has 0 saturated heterocycles. The molecule has 0 atom stereocenters. The van der Waals surface area contributed by atoms with Crippen molar-refractivity contribution in [2.75, 3.05) is 6.61 Å². The summed E-state index contributed by atoms with van der Waals surface area (Å²) in [5.41, 5.74) is 0.0418. The van der Waals surface area contributed by atoms with Crippen LogP contribution in [0.4, 0.5) is 0 Å². The minimum atomic E-state index is -0.436. The van der Waals surface area contributed by atoms with Crippen molar-refractivity contribution in [1.29, 1.82) is 0 Å². The molecule has 0 unspecified atom stereocenters. The molecule has 0 amide bonds. The van der Waals surface area contributed by atoms with E-state index < -0.39 is 5.97 Å². The fourth-order valence-electron chi connectivity index (χ4n) is 1.08. The fraction of sp³-hybridized carbons (Fsp3) is 0.333. The van der Waals surface area contributed by atoms with Crippen LogP contribution in [0.5, 0.6) is 0 Å². The maximum atomic E-state index is 10.9. The van der Waals surface area contributed by atoms with Gasteiger partial charge in [0.25, 0.3) is 5.56 Å². The maximum Gasteiger partial charge on any atom is 0.356 e. The van der Waals surface area contributed by atoms with Crippen LogP contribution < -0.4 is 5.56 Å². The van der Waals surface area contributed by atoms with E-state index in [4.69, 9.17) is 4.74 Å². The van der Waals surface area contributed by atoms with Crippen molar-refractivity contribution in [3.05, 3.63) is 22.1 Å². The quantitative estimate of drug-likeness (QED) is 0.505. The predicted molar refractivity (Wildman–Crippen MR) is 35.3 cm³/mol. The van der Waals surface area contributed by atoms with E-state index in [1.54, 1.807) is 0 Å². The van der Waals surface area contributed by atoms with Crippen molar-refractivity contribution < 1.29 is 9.53 Å². The van der Waals surface area contributed by atoms with Crippen LogP contribution in [0.25, 0.3) is 0 Å². The Balaban J connectivity index is 2.60. The average molecular weight is 154 g/mol. The first kappa shape index (κ1) is 6.21. The molecule has 0 radical (unpaired) electrons. The predicted octanol–water partition coefficient (Wildman–Crippen LogP) is -0.653. The molecule has 0 spiro atoms. The Morgan fingerprint density at radius 2 is 2.36 bits per heavy atom. The van der Waals surface area contributed by atoms with E-state index in [0.29, 0.717) is 18.8 Å². The number of fused-ring (bicyclic) bond motifs is 1. The number of carbonyl (C=O) groups is 1. The summed E-state index contributed by atoms with van der Waals surface area (Å²) in [7, 11) is 0. The molecule has 2 heterocycles. The van der Waals surface area contributed by atoms with Crippen molar-refractivity contribution in [3.63, 3.8) is 0 Å². The summed E-state index contributed by atoms with van der Waals surface area (Å²) in [5.74, 6) is -0.436. The number of carbonyl (C=O) groups excluding carboxylic acids is 1. The molecule has 0 fully saturated rings. The summed E-state index contributed by atoms with van der Waals surface area (Å²) in [6.07, 6.45) is 0. The molecule has 1 aliphatic rings. The number of hydrogen-bond donors (Lipinski definition) is 1. The zero-order valence-electron chi connectivity index (χ0n) is 5.66. The largest absolute Gasteiger partial charge is 0.459 e. The molecule has 0 aliphatic carbocycles. The van der Waals surface area contributed by atoms with Gasteiger partial charge < -0.3 is 4.74 Å². The third kappa shape index (κ3) is 0.849.